The van der Waals surface area contributed by atoms with E-state index >= 15 is 0 Å². The van der Waals surface area contributed by atoms with Crippen molar-refractivity contribution in [3.63, 3.8) is 0 Å². The van der Waals surface area contributed by atoms with Crippen LogP contribution in [-0.4, -0.2) is 29.1 Å². The number of carbonyl (C=O) groups excluding carboxylic acids is 1. The normalized spacial score (nSPS) is 12.2. The zero-order chi connectivity index (χ0) is 13.5. The van der Waals surface area contributed by atoms with Gasteiger partial charge in [0.15, 0.2) is 0 Å². The second-order valence-corrected chi connectivity index (χ2v) is 4.96. The molecule has 0 fully saturated rings. The lowest BCUT2D eigenvalue weighted by molar-refractivity contribution is 0.0952. The van der Waals surface area contributed by atoms with E-state index in [9.17, 15) is 4.79 Å². The molecule has 6 heteroatoms. The van der Waals surface area contributed by atoms with Crippen molar-refractivity contribution in [2.24, 2.45) is 5.92 Å². The molecule has 0 radical (unpaired) electrons. The number of hydrogen-bond donors (Lipinski definition) is 2. The van der Waals surface area contributed by atoms with E-state index in [0.29, 0.717) is 12.1 Å². The summed E-state index contributed by atoms with van der Waals surface area (Å²) < 4.78 is 0. The summed E-state index contributed by atoms with van der Waals surface area (Å²) >= 11 is 11.4. The molecule has 18 heavy (non-hydrogen) atoms. The number of pyridine rings is 1. The summed E-state index contributed by atoms with van der Waals surface area (Å²) in [6.07, 6.45) is 1.69. The van der Waals surface area contributed by atoms with Crippen LogP contribution in [0.3, 0.4) is 0 Å². The van der Waals surface area contributed by atoms with Crippen LogP contribution in [0.2, 0.25) is 10.3 Å². The lowest BCUT2D eigenvalue weighted by Crippen LogP contribution is -2.25. The largest absolute Gasteiger partial charge is 0.396 e. The van der Waals surface area contributed by atoms with E-state index in [0.717, 1.165) is 12.8 Å². The highest BCUT2D eigenvalue weighted by molar-refractivity contribution is 6.33. The number of nitrogens with one attached hydrogen (secondary N) is 1. The van der Waals surface area contributed by atoms with Crippen molar-refractivity contribution < 1.29 is 9.90 Å². The monoisotopic (exact) mass is 290 g/mol. The van der Waals surface area contributed by atoms with Crippen LogP contribution in [0.1, 0.15) is 30.1 Å². The molecule has 0 saturated heterocycles. The molecule has 100 valence electrons. The quantitative estimate of drug-likeness (QED) is 0.625. The van der Waals surface area contributed by atoms with Crippen molar-refractivity contribution in [2.75, 3.05) is 13.2 Å². The Bertz CT molecular complexity index is 393. The maximum absolute atomic E-state index is 11.8. The molecule has 1 atom stereocenters. The number of aliphatic hydroxyl groups excluding tert-OH is 1. The second kappa shape index (κ2) is 7.56. The molecule has 2 N–H and O–H groups in total. The fourth-order valence-electron chi connectivity index (χ4n) is 1.44. The lowest BCUT2D eigenvalue weighted by atomic mass is 10.1. The Kier molecular flexibility index (Phi) is 6.39. The van der Waals surface area contributed by atoms with Gasteiger partial charge in [-0.05, 0) is 30.9 Å². The molecular weight excluding hydrogens is 275 g/mol. The first-order valence-electron chi connectivity index (χ1n) is 5.75. The fraction of sp³-hybridized carbons (Fsp3) is 0.500. The third kappa shape index (κ3) is 5.21. The van der Waals surface area contributed by atoms with Crippen molar-refractivity contribution in [1.82, 2.24) is 10.3 Å². The molecule has 4 nitrogen and oxygen atoms in total. The number of amides is 1. The molecule has 1 amide bonds. The van der Waals surface area contributed by atoms with Crippen LogP contribution in [0.5, 0.6) is 0 Å². The van der Waals surface area contributed by atoms with Gasteiger partial charge in [0, 0.05) is 18.7 Å². The number of rotatable bonds is 6. The van der Waals surface area contributed by atoms with Crippen molar-refractivity contribution in [2.45, 2.75) is 19.8 Å². The van der Waals surface area contributed by atoms with Crippen LogP contribution in [0.15, 0.2) is 12.1 Å². The molecule has 1 aromatic rings. The Labute approximate surface area is 116 Å². The average molecular weight is 291 g/mol. The van der Waals surface area contributed by atoms with Gasteiger partial charge in [-0.1, -0.05) is 30.1 Å². The Morgan fingerprint density at radius 2 is 2.06 bits per heavy atom. The summed E-state index contributed by atoms with van der Waals surface area (Å²) in [7, 11) is 0. The number of halogens is 2. The predicted octanol–water partition coefficient (Wildman–Crippen LogP) is 2.53. The van der Waals surface area contributed by atoms with Gasteiger partial charge in [-0.15, -0.1) is 0 Å². The first-order valence-corrected chi connectivity index (χ1v) is 6.50. The third-order valence-electron chi connectivity index (χ3n) is 2.50. The van der Waals surface area contributed by atoms with E-state index in [2.05, 4.69) is 10.3 Å². The van der Waals surface area contributed by atoms with Gasteiger partial charge >= 0.3 is 0 Å². The lowest BCUT2D eigenvalue weighted by Gasteiger charge is -2.08. The highest BCUT2D eigenvalue weighted by Crippen LogP contribution is 2.14. The SMILES string of the molecule is CC(CO)CCCNC(=O)c1cc(Cl)nc(Cl)c1. The molecule has 0 spiro atoms. The molecule has 0 bridgehead atoms. The van der Waals surface area contributed by atoms with Crippen molar-refractivity contribution in [3.05, 3.63) is 28.0 Å². The summed E-state index contributed by atoms with van der Waals surface area (Å²) in [4.78, 5) is 15.5. The number of nitrogens with zero attached hydrogens (tertiary/aromatic N) is 1. The summed E-state index contributed by atoms with van der Waals surface area (Å²) in [6, 6.07) is 2.94. The minimum atomic E-state index is -0.224. The van der Waals surface area contributed by atoms with Crippen LogP contribution >= 0.6 is 23.2 Å². The van der Waals surface area contributed by atoms with Gasteiger partial charge in [0.25, 0.3) is 5.91 Å². The van der Waals surface area contributed by atoms with Crippen molar-refractivity contribution in [3.8, 4) is 0 Å². The summed E-state index contributed by atoms with van der Waals surface area (Å²) in [5.41, 5.74) is 0.398. The summed E-state index contributed by atoms with van der Waals surface area (Å²) in [5, 5.41) is 12.0. The molecule has 0 aliphatic carbocycles. The van der Waals surface area contributed by atoms with Crippen molar-refractivity contribution in [1.29, 1.82) is 0 Å². The fourth-order valence-corrected chi connectivity index (χ4v) is 1.90. The minimum Gasteiger partial charge on any atom is -0.396 e. The number of carbonyl (C=O) groups is 1. The van der Waals surface area contributed by atoms with Crippen LogP contribution in [-0.2, 0) is 0 Å². The van der Waals surface area contributed by atoms with Crippen LogP contribution < -0.4 is 5.32 Å². The zero-order valence-corrected chi connectivity index (χ0v) is 11.6. The van der Waals surface area contributed by atoms with Gasteiger partial charge in [0.1, 0.15) is 10.3 Å². The zero-order valence-electron chi connectivity index (χ0n) is 10.1. The van der Waals surface area contributed by atoms with Crippen molar-refractivity contribution >= 4 is 29.1 Å². The van der Waals surface area contributed by atoms with E-state index in [4.69, 9.17) is 28.3 Å². The smallest absolute Gasteiger partial charge is 0.251 e. The Balaban J connectivity index is 2.41. The van der Waals surface area contributed by atoms with Gasteiger partial charge in [-0.2, -0.15) is 0 Å². The Morgan fingerprint density at radius 1 is 1.44 bits per heavy atom. The Morgan fingerprint density at radius 3 is 2.61 bits per heavy atom. The van der Waals surface area contributed by atoms with Gasteiger partial charge in [0.05, 0.1) is 0 Å². The summed E-state index contributed by atoms with van der Waals surface area (Å²) in [5.74, 6) is 0.0320. The van der Waals surface area contributed by atoms with E-state index in [1.807, 2.05) is 6.92 Å². The molecule has 1 unspecified atom stereocenters. The molecule has 1 rings (SSSR count). The van der Waals surface area contributed by atoms with Gasteiger partial charge in [-0.3, -0.25) is 4.79 Å². The van der Waals surface area contributed by atoms with E-state index in [-0.39, 0.29) is 28.7 Å². The Hall–Kier alpha value is -0.840. The maximum atomic E-state index is 11.8. The van der Waals surface area contributed by atoms with Gasteiger partial charge < -0.3 is 10.4 Å². The van der Waals surface area contributed by atoms with E-state index in [1.165, 1.54) is 12.1 Å². The predicted molar refractivity (Wildman–Crippen MR) is 72.1 cm³/mol. The average Bonchev–Trinajstić information content (AvgIpc) is 2.32. The molecular formula is C12H16Cl2N2O2. The molecule has 1 heterocycles. The first kappa shape index (κ1) is 15.2. The number of aliphatic hydroxyl groups is 1. The topological polar surface area (TPSA) is 62.2 Å². The summed E-state index contributed by atoms with van der Waals surface area (Å²) in [6.45, 7) is 2.69. The van der Waals surface area contributed by atoms with Crippen LogP contribution in [0, 0.1) is 5.92 Å². The molecule has 0 aliphatic heterocycles. The molecule has 1 aromatic heterocycles. The van der Waals surface area contributed by atoms with Crippen LogP contribution in [0.4, 0.5) is 0 Å². The molecule has 0 saturated carbocycles. The first-order chi connectivity index (χ1) is 8.52. The maximum Gasteiger partial charge on any atom is 0.251 e. The number of aromatic nitrogens is 1. The highest BCUT2D eigenvalue weighted by atomic mass is 35.5. The van der Waals surface area contributed by atoms with E-state index < -0.39 is 0 Å². The van der Waals surface area contributed by atoms with Gasteiger partial charge in [0.2, 0.25) is 0 Å². The standard InChI is InChI=1S/C12H16Cl2N2O2/c1-8(7-17)3-2-4-15-12(18)9-5-10(13)16-11(14)6-9/h5-6,8,17H,2-4,7H2,1H3,(H,15,18). The third-order valence-corrected chi connectivity index (χ3v) is 2.88. The molecule has 0 aromatic carbocycles. The number of hydrogen-bond acceptors (Lipinski definition) is 3. The molecule has 0 aliphatic rings. The van der Waals surface area contributed by atoms with E-state index in [1.54, 1.807) is 0 Å². The van der Waals surface area contributed by atoms with Gasteiger partial charge in [-0.25, -0.2) is 4.98 Å². The second-order valence-electron chi connectivity index (χ2n) is 4.19. The van der Waals surface area contributed by atoms with Crippen LogP contribution in [0.25, 0.3) is 0 Å². The highest BCUT2D eigenvalue weighted by Gasteiger charge is 2.08. The minimum absolute atomic E-state index is 0.170.